The van der Waals surface area contributed by atoms with Crippen molar-refractivity contribution in [2.75, 3.05) is 13.1 Å². The third-order valence-corrected chi connectivity index (χ3v) is 4.84. The lowest BCUT2D eigenvalue weighted by atomic mass is 9.92. The second kappa shape index (κ2) is 5.76. The van der Waals surface area contributed by atoms with Crippen LogP contribution in [0.2, 0.25) is 0 Å². The molecule has 2 atom stereocenters. The SMILES string of the molecule is Cc1c(C(=O)N2CCCC(C(C)N)C2)oc2c(C)cccc12. The Bertz CT molecular complexity index is 702. The molecule has 4 nitrogen and oxygen atoms in total. The summed E-state index contributed by atoms with van der Waals surface area (Å²) in [6.07, 6.45) is 2.11. The van der Waals surface area contributed by atoms with Crippen molar-refractivity contribution in [2.24, 2.45) is 11.7 Å². The molecule has 0 saturated carbocycles. The first kappa shape index (κ1) is 15.1. The van der Waals surface area contributed by atoms with E-state index in [4.69, 9.17) is 10.2 Å². The number of aryl methyl sites for hydroxylation is 2. The number of para-hydroxylation sites is 1. The van der Waals surface area contributed by atoms with Crippen molar-refractivity contribution in [1.82, 2.24) is 4.90 Å². The molecule has 0 spiro atoms. The van der Waals surface area contributed by atoms with Gasteiger partial charge < -0.3 is 15.1 Å². The van der Waals surface area contributed by atoms with Gasteiger partial charge in [-0.05, 0) is 45.1 Å². The van der Waals surface area contributed by atoms with Gasteiger partial charge in [0.15, 0.2) is 5.76 Å². The van der Waals surface area contributed by atoms with Crippen LogP contribution in [-0.2, 0) is 0 Å². The third-order valence-electron chi connectivity index (χ3n) is 4.84. The van der Waals surface area contributed by atoms with Crippen molar-refractivity contribution >= 4 is 16.9 Å². The number of fused-ring (bicyclic) bond motifs is 1. The van der Waals surface area contributed by atoms with Gasteiger partial charge in [-0.2, -0.15) is 0 Å². The number of carbonyl (C=O) groups excluding carboxylic acids is 1. The second-order valence-electron chi connectivity index (χ2n) is 6.52. The van der Waals surface area contributed by atoms with Gasteiger partial charge in [-0.1, -0.05) is 18.2 Å². The van der Waals surface area contributed by atoms with E-state index in [0.717, 1.165) is 48.0 Å². The van der Waals surface area contributed by atoms with Gasteiger partial charge in [0.05, 0.1) is 0 Å². The fourth-order valence-corrected chi connectivity index (χ4v) is 3.36. The van der Waals surface area contributed by atoms with Crippen LogP contribution in [-0.4, -0.2) is 29.9 Å². The molecule has 2 heterocycles. The van der Waals surface area contributed by atoms with Crippen LogP contribution >= 0.6 is 0 Å². The largest absolute Gasteiger partial charge is 0.450 e. The number of nitrogens with zero attached hydrogens (tertiary/aromatic N) is 1. The molecule has 1 aromatic carbocycles. The molecule has 2 aromatic rings. The summed E-state index contributed by atoms with van der Waals surface area (Å²) in [5.41, 5.74) is 8.84. The van der Waals surface area contributed by atoms with E-state index in [0.29, 0.717) is 11.7 Å². The van der Waals surface area contributed by atoms with Gasteiger partial charge >= 0.3 is 0 Å². The van der Waals surface area contributed by atoms with E-state index in [9.17, 15) is 4.79 Å². The number of furan rings is 1. The fourth-order valence-electron chi connectivity index (χ4n) is 3.36. The molecule has 118 valence electrons. The average Bonchev–Trinajstić information content (AvgIpc) is 2.85. The van der Waals surface area contributed by atoms with Crippen LogP contribution < -0.4 is 5.73 Å². The first-order valence-electron chi connectivity index (χ1n) is 8.02. The summed E-state index contributed by atoms with van der Waals surface area (Å²) < 4.78 is 5.92. The first-order chi connectivity index (χ1) is 10.5. The lowest BCUT2D eigenvalue weighted by molar-refractivity contribution is 0.0630. The zero-order valence-corrected chi connectivity index (χ0v) is 13.6. The zero-order chi connectivity index (χ0) is 15.9. The number of benzene rings is 1. The number of hydrogen-bond acceptors (Lipinski definition) is 3. The van der Waals surface area contributed by atoms with Crippen molar-refractivity contribution in [3.63, 3.8) is 0 Å². The fraction of sp³-hybridized carbons (Fsp3) is 0.500. The highest BCUT2D eigenvalue weighted by atomic mass is 16.3. The van der Waals surface area contributed by atoms with Crippen LogP contribution in [0.15, 0.2) is 22.6 Å². The molecule has 1 aliphatic heterocycles. The normalized spacial score (nSPS) is 20.4. The van der Waals surface area contributed by atoms with E-state index in [1.54, 1.807) is 0 Å². The molecule has 2 N–H and O–H groups in total. The van der Waals surface area contributed by atoms with E-state index in [1.165, 1.54) is 0 Å². The molecule has 3 rings (SSSR count). The summed E-state index contributed by atoms with van der Waals surface area (Å²) in [6, 6.07) is 6.14. The third kappa shape index (κ3) is 2.52. The Kier molecular flexibility index (Phi) is 3.96. The number of amides is 1. The minimum Gasteiger partial charge on any atom is -0.450 e. The monoisotopic (exact) mass is 300 g/mol. The quantitative estimate of drug-likeness (QED) is 0.926. The van der Waals surface area contributed by atoms with Crippen molar-refractivity contribution in [1.29, 1.82) is 0 Å². The van der Waals surface area contributed by atoms with Crippen LogP contribution in [0.4, 0.5) is 0 Å². The van der Waals surface area contributed by atoms with Crippen molar-refractivity contribution < 1.29 is 9.21 Å². The molecule has 0 radical (unpaired) electrons. The number of nitrogens with two attached hydrogens (primary N) is 1. The number of piperidine rings is 1. The molecular formula is C18H24N2O2. The molecule has 2 unspecified atom stereocenters. The maximum absolute atomic E-state index is 12.9. The van der Waals surface area contributed by atoms with Crippen molar-refractivity contribution in [3.8, 4) is 0 Å². The smallest absolute Gasteiger partial charge is 0.289 e. The van der Waals surface area contributed by atoms with Gasteiger partial charge in [0.2, 0.25) is 0 Å². The van der Waals surface area contributed by atoms with Crippen LogP contribution in [0.5, 0.6) is 0 Å². The number of rotatable bonds is 2. The lowest BCUT2D eigenvalue weighted by Crippen LogP contribution is -2.45. The predicted molar refractivity (Wildman–Crippen MR) is 88.0 cm³/mol. The van der Waals surface area contributed by atoms with Crippen LogP contribution in [0, 0.1) is 19.8 Å². The molecule has 22 heavy (non-hydrogen) atoms. The molecule has 0 aliphatic carbocycles. The van der Waals surface area contributed by atoms with E-state index in [2.05, 4.69) is 0 Å². The highest BCUT2D eigenvalue weighted by Crippen LogP contribution is 2.29. The van der Waals surface area contributed by atoms with E-state index >= 15 is 0 Å². The summed E-state index contributed by atoms with van der Waals surface area (Å²) in [4.78, 5) is 14.8. The summed E-state index contributed by atoms with van der Waals surface area (Å²) in [6.45, 7) is 7.51. The first-order valence-corrected chi connectivity index (χ1v) is 8.02. The minimum absolute atomic E-state index is 0.00144. The van der Waals surface area contributed by atoms with Crippen LogP contribution in [0.25, 0.3) is 11.0 Å². The van der Waals surface area contributed by atoms with Crippen LogP contribution in [0.1, 0.15) is 41.4 Å². The Morgan fingerprint density at radius 3 is 2.86 bits per heavy atom. The maximum Gasteiger partial charge on any atom is 0.289 e. The summed E-state index contributed by atoms with van der Waals surface area (Å²) in [5, 5.41) is 1.03. The second-order valence-corrected chi connectivity index (χ2v) is 6.52. The highest BCUT2D eigenvalue weighted by Gasteiger charge is 2.29. The van der Waals surface area contributed by atoms with Crippen molar-refractivity contribution in [3.05, 3.63) is 35.1 Å². The Hall–Kier alpha value is -1.81. The van der Waals surface area contributed by atoms with E-state index < -0.39 is 0 Å². The summed E-state index contributed by atoms with van der Waals surface area (Å²) >= 11 is 0. The van der Waals surface area contributed by atoms with Gasteiger partial charge in [0.1, 0.15) is 5.58 Å². The highest BCUT2D eigenvalue weighted by molar-refractivity contribution is 5.99. The standard InChI is InChI=1S/C18H24N2O2/c1-11-6-4-8-15-12(2)17(22-16(11)15)18(21)20-9-5-7-14(10-20)13(3)19/h4,6,8,13-14H,5,7,9-10,19H2,1-3H3. The number of likely N-dealkylation sites (tertiary alicyclic amines) is 1. The molecule has 1 fully saturated rings. The number of carbonyl (C=O) groups is 1. The molecule has 1 amide bonds. The summed E-state index contributed by atoms with van der Waals surface area (Å²) in [5.74, 6) is 0.859. The summed E-state index contributed by atoms with van der Waals surface area (Å²) in [7, 11) is 0. The molecule has 1 aromatic heterocycles. The Morgan fingerprint density at radius 1 is 1.41 bits per heavy atom. The van der Waals surface area contributed by atoms with Crippen molar-refractivity contribution in [2.45, 2.75) is 39.7 Å². The van der Waals surface area contributed by atoms with Gasteiger partial charge in [-0.15, -0.1) is 0 Å². The number of hydrogen-bond donors (Lipinski definition) is 1. The molecular weight excluding hydrogens is 276 g/mol. The van der Waals surface area contributed by atoms with Crippen LogP contribution in [0.3, 0.4) is 0 Å². The maximum atomic E-state index is 12.9. The van der Waals surface area contributed by atoms with E-state index in [-0.39, 0.29) is 11.9 Å². The Labute approximate surface area is 131 Å². The van der Waals surface area contributed by atoms with Gasteiger partial charge in [-0.25, -0.2) is 0 Å². The average molecular weight is 300 g/mol. The van der Waals surface area contributed by atoms with Gasteiger partial charge in [-0.3, -0.25) is 4.79 Å². The molecule has 1 aliphatic rings. The molecule has 1 saturated heterocycles. The predicted octanol–water partition coefficient (Wildman–Crippen LogP) is 3.25. The Balaban J connectivity index is 1.92. The van der Waals surface area contributed by atoms with Gasteiger partial charge in [0, 0.05) is 30.1 Å². The molecule has 4 heteroatoms. The lowest BCUT2D eigenvalue weighted by Gasteiger charge is -2.34. The van der Waals surface area contributed by atoms with Gasteiger partial charge in [0.25, 0.3) is 5.91 Å². The minimum atomic E-state index is -0.00144. The zero-order valence-electron chi connectivity index (χ0n) is 13.6. The topological polar surface area (TPSA) is 59.5 Å². The van der Waals surface area contributed by atoms with E-state index in [1.807, 2.05) is 43.9 Å². The molecule has 0 bridgehead atoms. The Morgan fingerprint density at radius 2 is 2.18 bits per heavy atom.